The van der Waals surface area contributed by atoms with Crippen molar-refractivity contribution in [1.82, 2.24) is 14.7 Å². The molecule has 2 heterocycles. The van der Waals surface area contributed by atoms with Crippen LogP contribution in [0.5, 0.6) is 0 Å². The van der Waals surface area contributed by atoms with Gasteiger partial charge in [0.15, 0.2) is 0 Å². The van der Waals surface area contributed by atoms with Gasteiger partial charge in [-0.15, -0.1) is 11.8 Å². The molecule has 36 heavy (non-hydrogen) atoms. The molecular weight excluding hydrogens is 503 g/mol. The van der Waals surface area contributed by atoms with Crippen molar-refractivity contribution in [1.29, 1.82) is 0 Å². The van der Waals surface area contributed by atoms with Gasteiger partial charge in [0, 0.05) is 28.3 Å². The lowest BCUT2D eigenvalue weighted by Crippen LogP contribution is -2.39. The first-order valence-corrected chi connectivity index (χ1v) is 15.0. The Morgan fingerprint density at radius 1 is 1.08 bits per heavy atom. The number of para-hydroxylation sites is 1. The van der Waals surface area contributed by atoms with Gasteiger partial charge in [0.1, 0.15) is 4.32 Å². The molecule has 1 aromatic heterocycles. The first-order chi connectivity index (χ1) is 17.6. The molecule has 186 valence electrons. The summed E-state index contributed by atoms with van der Waals surface area (Å²) < 4.78 is 2.58. The molecule has 1 amide bonds. The van der Waals surface area contributed by atoms with E-state index >= 15 is 0 Å². The van der Waals surface area contributed by atoms with Crippen LogP contribution in [-0.2, 0) is 4.79 Å². The molecule has 0 spiro atoms. The number of thiocarbonyl (C=S) groups is 1. The Morgan fingerprint density at radius 3 is 2.56 bits per heavy atom. The number of thioether (sulfide) groups is 2. The maximum absolute atomic E-state index is 13.4. The normalized spacial score (nSPS) is 17.9. The van der Waals surface area contributed by atoms with Gasteiger partial charge in [0.05, 0.1) is 16.3 Å². The first kappa shape index (κ1) is 25.3. The van der Waals surface area contributed by atoms with E-state index in [1.165, 1.54) is 48.8 Å². The fraction of sp³-hybridized carbons (Fsp3) is 0.345. The highest BCUT2D eigenvalue weighted by atomic mass is 32.2. The molecule has 1 aliphatic carbocycles. The zero-order valence-corrected chi connectivity index (χ0v) is 23.0. The Balaban J connectivity index is 1.47. The summed E-state index contributed by atoms with van der Waals surface area (Å²) in [6.07, 6.45) is 12.1. The SMILES string of the molecule is CCCCSc1ccc(-c2nn(-c3ccccc3)cc2/C=C2\SC(=S)N(C3CCCCC3)C2=O)cc1. The summed E-state index contributed by atoms with van der Waals surface area (Å²) in [5, 5.41) is 4.95. The number of benzene rings is 2. The largest absolute Gasteiger partial charge is 0.290 e. The number of hydrogen-bond acceptors (Lipinski definition) is 5. The van der Waals surface area contributed by atoms with E-state index in [9.17, 15) is 4.79 Å². The topological polar surface area (TPSA) is 38.1 Å². The summed E-state index contributed by atoms with van der Waals surface area (Å²) in [5.41, 5.74) is 3.82. The van der Waals surface area contributed by atoms with Gasteiger partial charge in [-0.05, 0) is 55.4 Å². The monoisotopic (exact) mass is 533 g/mol. The van der Waals surface area contributed by atoms with Crippen LogP contribution in [0.4, 0.5) is 0 Å². The van der Waals surface area contributed by atoms with Crippen molar-refractivity contribution in [3.05, 3.63) is 71.3 Å². The van der Waals surface area contributed by atoms with Crippen molar-refractivity contribution < 1.29 is 4.79 Å². The summed E-state index contributed by atoms with van der Waals surface area (Å²) in [6, 6.07) is 18.9. The van der Waals surface area contributed by atoms with Gasteiger partial charge in [0.2, 0.25) is 0 Å². The van der Waals surface area contributed by atoms with Crippen LogP contribution in [0.2, 0.25) is 0 Å². The number of aromatic nitrogens is 2. The Hall–Kier alpha value is -2.35. The highest BCUT2D eigenvalue weighted by Crippen LogP contribution is 2.38. The molecule has 1 aliphatic heterocycles. The fourth-order valence-electron chi connectivity index (χ4n) is 4.75. The van der Waals surface area contributed by atoms with E-state index in [2.05, 4.69) is 31.2 Å². The third-order valence-corrected chi connectivity index (χ3v) is 9.14. The molecule has 1 saturated heterocycles. The number of rotatable bonds is 8. The summed E-state index contributed by atoms with van der Waals surface area (Å²) >= 11 is 8.97. The van der Waals surface area contributed by atoms with E-state index in [1.807, 2.05) is 63.9 Å². The maximum Gasteiger partial charge on any atom is 0.266 e. The Kier molecular flexibility index (Phi) is 8.29. The minimum Gasteiger partial charge on any atom is -0.290 e. The number of carbonyl (C=O) groups is 1. The number of amides is 1. The molecule has 0 N–H and O–H groups in total. The molecule has 2 aromatic carbocycles. The second-order valence-electron chi connectivity index (χ2n) is 9.28. The quantitative estimate of drug-likeness (QED) is 0.127. The van der Waals surface area contributed by atoms with Gasteiger partial charge in [0.25, 0.3) is 5.91 Å². The van der Waals surface area contributed by atoms with E-state index in [4.69, 9.17) is 17.3 Å². The smallest absolute Gasteiger partial charge is 0.266 e. The minimum absolute atomic E-state index is 0.0398. The summed E-state index contributed by atoms with van der Waals surface area (Å²) in [5.74, 6) is 1.17. The second-order valence-corrected chi connectivity index (χ2v) is 12.1. The number of nitrogens with zero attached hydrogens (tertiary/aromatic N) is 3. The van der Waals surface area contributed by atoms with E-state index in [-0.39, 0.29) is 11.9 Å². The number of unbranched alkanes of at least 4 members (excludes halogenated alkanes) is 1. The predicted octanol–water partition coefficient (Wildman–Crippen LogP) is 7.97. The van der Waals surface area contributed by atoms with Crippen LogP contribution in [0.3, 0.4) is 0 Å². The molecule has 0 radical (unpaired) electrons. The average Bonchev–Trinajstić information content (AvgIpc) is 3.46. The standard InChI is InChI=1S/C29H31N3OS3/c1-2-3-18-35-25-16-14-21(15-17-25)27-22(20-31(30-27)23-10-6-4-7-11-23)19-26-28(33)32(29(34)36-26)24-12-8-5-9-13-24/h4,6-7,10-11,14-17,19-20,24H,2-3,5,8-9,12-13,18H2,1H3/b26-19-. The van der Waals surface area contributed by atoms with Crippen molar-refractivity contribution in [3.8, 4) is 16.9 Å². The van der Waals surface area contributed by atoms with Crippen molar-refractivity contribution in [2.75, 3.05) is 5.75 Å². The molecule has 2 fully saturated rings. The summed E-state index contributed by atoms with van der Waals surface area (Å²) in [6.45, 7) is 2.22. The van der Waals surface area contributed by atoms with Crippen LogP contribution >= 0.6 is 35.7 Å². The lowest BCUT2D eigenvalue weighted by Gasteiger charge is -2.29. The summed E-state index contributed by atoms with van der Waals surface area (Å²) in [4.78, 5) is 17.3. The Morgan fingerprint density at radius 2 is 1.83 bits per heavy atom. The van der Waals surface area contributed by atoms with Gasteiger partial charge in [-0.3, -0.25) is 9.69 Å². The molecule has 4 nitrogen and oxygen atoms in total. The highest BCUT2D eigenvalue weighted by Gasteiger charge is 2.37. The average molecular weight is 534 g/mol. The molecule has 7 heteroatoms. The van der Waals surface area contributed by atoms with Crippen LogP contribution in [0.15, 0.2) is 70.6 Å². The summed E-state index contributed by atoms with van der Waals surface area (Å²) in [7, 11) is 0. The number of carbonyl (C=O) groups excluding carboxylic acids is 1. The fourth-order valence-corrected chi connectivity index (χ4v) is 7.14. The van der Waals surface area contributed by atoms with Gasteiger partial charge in [-0.25, -0.2) is 4.68 Å². The van der Waals surface area contributed by atoms with Crippen molar-refractivity contribution >= 4 is 52.0 Å². The second kappa shape index (κ2) is 11.8. The molecule has 5 rings (SSSR count). The molecule has 3 aromatic rings. The maximum atomic E-state index is 13.4. The Labute approximate surface area is 227 Å². The lowest BCUT2D eigenvalue weighted by atomic mass is 9.94. The number of hydrogen-bond donors (Lipinski definition) is 0. The van der Waals surface area contributed by atoms with E-state index < -0.39 is 0 Å². The lowest BCUT2D eigenvalue weighted by molar-refractivity contribution is -0.124. The van der Waals surface area contributed by atoms with Crippen LogP contribution in [0.25, 0.3) is 23.0 Å². The minimum atomic E-state index is 0.0398. The zero-order valence-electron chi connectivity index (χ0n) is 20.6. The van der Waals surface area contributed by atoms with Crippen LogP contribution in [0.1, 0.15) is 57.4 Å². The Bertz CT molecular complexity index is 1240. The van der Waals surface area contributed by atoms with Crippen LogP contribution in [-0.4, -0.2) is 36.7 Å². The van der Waals surface area contributed by atoms with E-state index in [1.54, 1.807) is 0 Å². The molecule has 0 unspecified atom stereocenters. The molecule has 0 atom stereocenters. The third-order valence-electron chi connectivity index (χ3n) is 6.71. The van der Waals surface area contributed by atoms with Crippen molar-refractivity contribution in [3.63, 3.8) is 0 Å². The van der Waals surface area contributed by atoms with Crippen LogP contribution in [0, 0.1) is 0 Å². The van der Waals surface area contributed by atoms with E-state index in [0.717, 1.165) is 41.1 Å². The zero-order chi connectivity index (χ0) is 24.9. The molecule has 2 aliphatic rings. The van der Waals surface area contributed by atoms with Gasteiger partial charge >= 0.3 is 0 Å². The van der Waals surface area contributed by atoms with E-state index in [0.29, 0.717) is 9.23 Å². The van der Waals surface area contributed by atoms with Crippen LogP contribution < -0.4 is 0 Å². The van der Waals surface area contributed by atoms with Crippen molar-refractivity contribution in [2.24, 2.45) is 0 Å². The highest BCUT2D eigenvalue weighted by molar-refractivity contribution is 8.26. The molecule has 0 bridgehead atoms. The molecular formula is C29H31N3OS3. The molecule has 1 saturated carbocycles. The predicted molar refractivity (Wildman–Crippen MR) is 157 cm³/mol. The van der Waals surface area contributed by atoms with Gasteiger partial charge in [-0.1, -0.05) is 86.9 Å². The van der Waals surface area contributed by atoms with Gasteiger partial charge < -0.3 is 0 Å². The van der Waals surface area contributed by atoms with Gasteiger partial charge in [-0.2, -0.15) is 5.10 Å². The van der Waals surface area contributed by atoms with Crippen molar-refractivity contribution in [2.45, 2.75) is 62.8 Å². The third kappa shape index (κ3) is 5.63. The first-order valence-electron chi connectivity index (χ1n) is 12.8.